The second kappa shape index (κ2) is 6.21. The van der Waals surface area contributed by atoms with Crippen molar-refractivity contribution in [2.45, 2.75) is 25.3 Å². The van der Waals surface area contributed by atoms with Gasteiger partial charge in [0.05, 0.1) is 6.61 Å². The summed E-state index contributed by atoms with van der Waals surface area (Å²) in [6, 6.07) is 3.31. The Balaban J connectivity index is 1.92. The van der Waals surface area contributed by atoms with E-state index in [0.29, 0.717) is 19.1 Å². The van der Waals surface area contributed by atoms with E-state index in [-0.39, 0.29) is 24.4 Å². The van der Waals surface area contributed by atoms with Gasteiger partial charge in [-0.3, -0.25) is 9.69 Å². The van der Waals surface area contributed by atoms with Crippen LogP contribution in [0.2, 0.25) is 0 Å². The van der Waals surface area contributed by atoms with Crippen LogP contribution in [0.3, 0.4) is 0 Å². The van der Waals surface area contributed by atoms with Crippen molar-refractivity contribution in [1.29, 1.82) is 0 Å². The molecule has 0 unspecified atom stereocenters. The molecule has 0 spiro atoms. The Morgan fingerprint density at radius 3 is 2.37 bits per heavy atom. The Labute approximate surface area is 110 Å². The zero-order valence-corrected chi connectivity index (χ0v) is 10.6. The molecular weight excluding hydrogens is 252 g/mol. The summed E-state index contributed by atoms with van der Waals surface area (Å²) in [5.74, 6) is -1.75. The van der Waals surface area contributed by atoms with Gasteiger partial charge in [0, 0.05) is 37.2 Å². The summed E-state index contributed by atoms with van der Waals surface area (Å²) in [6.07, 6.45) is 2.38. The van der Waals surface area contributed by atoms with Gasteiger partial charge in [-0.2, -0.15) is 0 Å². The number of Topliss-reactive ketones (excluding diaryl/α,β-unsaturated/α-hetero) is 1. The molecule has 1 saturated carbocycles. The van der Waals surface area contributed by atoms with Crippen molar-refractivity contribution >= 4 is 5.78 Å². The number of ketones is 1. The maximum atomic E-state index is 13.0. The third-order valence-electron chi connectivity index (χ3n) is 3.26. The first kappa shape index (κ1) is 14.1. The molecule has 0 aliphatic heterocycles. The Bertz CT molecular complexity index is 441. The van der Waals surface area contributed by atoms with Crippen molar-refractivity contribution in [2.75, 3.05) is 19.7 Å². The Morgan fingerprint density at radius 2 is 1.84 bits per heavy atom. The van der Waals surface area contributed by atoms with E-state index in [1.807, 2.05) is 4.90 Å². The molecule has 0 bridgehead atoms. The molecule has 19 heavy (non-hydrogen) atoms. The van der Waals surface area contributed by atoms with Crippen LogP contribution < -0.4 is 0 Å². The molecule has 0 aromatic heterocycles. The van der Waals surface area contributed by atoms with Crippen molar-refractivity contribution in [2.24, 2.45) is 0 Å². The molecule has 0 amide bonds. The van der Waals surface area contributed by atoms with Gasteiger partial charge in [0.15, 0.2) is 5.78 Å². The van der Waals surface area contributed by atoms with Gasteiger partial charge in [-0.15, -0.1) is 0 Å². The molecule has 5 heteroatoms. The highest BCUT2D eigenvalue weighted by Crippen LogP contribution is 2.26. The Morgan fingerprint density at radius 1 is 1.21 bits per heavy atom. The van der Waals surface area contributed by atoms with Gasteiger partial charge in [0.25, 0.3) is 0 Å². The first-order valence-electron chi connectivity index (χ1n) is 6.44. The van der Waals surface area contributed by atoms with Crippen LogP contribution in [0.1, 0.15) is 29.6 Å². The number of aliphatic hydroxyl groups excluding tert-OH is 1. The fourth-order valence-electron chi connectivity index (χ4n) is 2.15. The predicted octanol–water partition coefficient (Wildman–Crippen LogP) is 1.99. The zero-order valence-electron chi connectivity index (χ0n) is 10.6. The monoisotopic (exact) mass is 269 g/mol. The van der Waals surface area contributed by atoms with Gasteiger partial charge >= 0.3 is 0 Å². The van der Waals surface area contributed by atoms with Gasteiger partial charge < -0.3 is 5.11 Å². The highest BCUT2D eigenvalue weighted by Gasteiger charge is 2.28. The van der Waals surface area contributed by atoms with E-state index in [2.05, 4.69) is 0 Å². The number of halogens is 2. The number of aliphatic hydroxyl groups is 1. The summed E-state index contributed by atoms with van der Waals surface area (Å²) in [4.78, 5) is 13.9. The Kier molecular flexibility index (Phi) is 4.61. The van der Waals surface area contributed by atoms with Crippen molar-refractivity contribution in [3.8, 4) is 0 Å². The predicted molar refractivity (Wildman–Crippen MR) is 67.0 cm³/mol. The molecule has 1 aromatic rings. The summed E-state index contributed by atoms with van der Waals surface area (Å²) in [5.41, 5.74) is 0.0669. The molecule has 0 saturated heterocycles. The van der Waals surface area contributed by atoms with E-state index in [4.69, 9.17) is 5.11 Å². The molecule has 1 aromatic carbocycles. The van der Waals surface area contributed by atoms with E-state index in [0.717, 1.165) is 31.0 Å². The molecule has 2 rings (SSSR count). The summed E-state index contributed by atoms with van der Waals surface area (Å²) in [7, 11) is 0. The van der Waals surface area contributed by atoms with E-state index in [1.54, 1.807) is 0 Å². The van der Waals surface area contributed by atoms with E-state index in [1.165, 1.54) is 0 Å². The van der Waals surface area contributed by atoms with Crippen LogP contribution >= 0.6 is 0 Å². The Hall–Kier alpha value is -1.33. The number of carbonyl (C=O) groups is 1. The maximum Gasteiger partial charge on any atom is 0.164 e. The van der Waals surface area contributed by atoms with Crippen LogP contribution in [-0.2, 0) is 0 Å². The minimum absolute atomic E-state index is 0.0548. The third kappa shape index (κ3) is 4.08. The lowest BCUT2D eigenvalue weighted by molar-refractivity contribution is 0.0953. The van der Waals surface area contributed by atoms with Gasteiger partial charge in [-0.1, -0.05) is 0 Å². The number of hydrogen-bond donors (Lipinski definition) is 1. The quantitative estimate of drug-likeness (QED) is 0.770. The normalized spacial score (nSPS) is 14.9. The molecule has 0 atom stereocenters. The van der Waals surface area contributed by atoms with Crippen molar-refractivity contribution in [1.82, 2.24) is 4.90 Å². The SMILES string of the molecule is O=C(CCN(CCO)C1CC1)c1cc(F)cc(F)c1. The molecule has 3 nitrogen and oxygen atoms in total. The first-order chi connectivity index (χ1) is 9.10. The number of carbonyl (C=O) groups excluding carboxylic acids is 1. The highest BCUT2D eigenvalue weighted by molar-refractivity contribution is 5.96. The molecular formula is C14H17F2NO2. The van der Waals surface area contributed by atoms with Crippen molar-refractivity contribution in [3.63, 3.8) is 0 Å². The van der Waals surface area contributed by atoms with Gasteiger partial charge in [-0.05, 0) is 25.0 Å². The molecule has 1 fully saturated rings. The topological polar surface area (TPSA) is 40.5 Å². The number of benzene rings is 1. The summed E-state index contributed by atoms with van der Waals surface area (Å²) in [6.45, 7) is 1.11. The largest absolute Gasteiger partial charge is 0.395 e. The van der Waals surface area contributed by atoms with Gasteiger partial charge in [0.2, 0.25) is 0 Å². The van der Waals surface area contributed by atoms with Crippen LogP contribution in [0, 0.1) is 11.6 Å². The van der Waals surface area contributed by atoms with E-state index >= 15 is 0 Å². The summed E-state index contributed by atoms with van der Waals surface area (Å²) < 4.78 is 26.0. The van der Waals surface area contributed by atoms with Gasteiger partial charge in [-0.25, -0.2) is 8.78 Å². The van der Waals surface area contributed by atoms with E-state index in [9.17, 15) is 13.6 Å². The lowest BCUT2D eigenvalue weighted by Crippen LogP contribution is -2.31. The number of nitrogens with zero attached hydrogens (tertiary/aromatic N) is 1. The second-order valence-electron chi connectivity index (χ2n) is 4.82. The molecule has 1 aliphatic rings. The minimum Gasteiger partial charge on any atom is -0.395 e. The maximum absolute atomic E-state index is 13.0. The zero-order chi connectivity index (χ0) is 13.8. The lowest BCUT2D eigenvalue weighted by Gasteiger charge is -2.20. The number of hydrogen-bond acceptors (Lipinski definition) is 3. The van der Waals surface area contributed by atoms with Crippen LogP contribution in [0.15, 0.2) is 18.2 Å². The fourth-order valence-corrected chi connectivity index (χ4v) is 2.15. The smallest absolute Gasteiger partial charge is 0.164 e. The van der Waals surface area contributed by atoms with E-state index < -0.39 is 11.6 Å². The molecule has 0 heterocycles. The van der Waals surface area contributed by atoms with Crippen LogP contribution in [0.4, 0.5) is 8.78 Å². The first-order valence-corrected chi connectivity index (χ1v) is 6.44. The standard InChI is InChI=1S/C14H17F2NO2/c15-11-7-10(8-12(16)9-11)14(19)3-4-17(5-6-18)13-1-2-13/h7-9,13,18H,1-6H2. The average Bonchev–Trinajstić information content (AvgIpc) is 3.17. The average molecular weight is 269 g/mol. The highest BCUT2D eigenvalue weighted by atomic mass is 19.1. The van der Waals surface area contributed by atoms with Crippen LogP contribution in [0.25, 0.3) is 0 Å². The van der Waals surface area contributed by atoms with Crippen LogP contribution in [0.5, 0.6) is 0 Å². The minimum atomic E-state index is -0.738. The fraction of sp³-hybridized carbons (Fsp3) is 0.500. The van der Waals surface area contributed by atoms with Crippen molar-refractivity contribution < 1.29 is 18.7 Å². The summed E-state index contributed by atoms with van der Waals surface area (Å²) in [5, 5.41) is 8.94. The lowest BCUT2D eigenvalue weighted by atomic mass is 10.1. The molecule has 0 radical (unpaired) electrons. The molecule has 104 valence electrons. The van der Waals surface area contributed by atoms with Crippen molar-refractivity contribution in [3.05, 3.63) is 35.4 Å². The summed E-state index contributed by atoms with van der Waals surface area (Å²) >= 11 is 0. The number of rotatable bonds is 7. The third-order valence-corrected chi connectivity index (χ3v) is 3.26. The molecule has 1 aliphatic carbocycles. The van der Waals surface area contributed by atoms with Gasteiger partial charge in [0.1, 0.15) is 11.6 Å². The van der Waals surface area contributed by atoms with Crippen LogP contribution in [-0.4, -0.2) is 41.5 Å². The molecule has 1 N–H and O–H groups in total. The second-order valence-corrected chi connectivity index (χ2v) is 4.82.